The molecule has 3 N–H and O–H groups in total. The van der Waals surface area contributed by atoms with Crippen LogP contribution in [0.25, 0.3) is 0 Å². The quantitative estimate of drug-likeness (QED) is 0.404. The highest BCUT2D eigenvalue weighted by Crippen LogP contribution is 2.62. The summed E-state index contributed by atoms with van der Waals surface area (Å²) in [6.45, 7) is 2.24. The highest BCUT2D eigenvalue weighted by atomic mass is 35.5. The summed E-state index contributed by atoms with van der Waals surface area (Å²) >= 11 is 12.6. The number of fused-ring (bicyclic) bond motifs is 3. The molecular weight excluding hydrogens is 524 g/mol. The van der Waals surface area contributed by atoms with Crippen LogP contribution in [0.4, 0.5) is 10.1 Å². The Morgan fingerprint density at radius 1 is 1.05 bits per heavy atom. The lowest BCUT2D eigenvalue weighted by Gasteiger charge is -2.47. The van der Waals surface area contributed by atoms with Crippen molar-refractivity contribution in [3.63, 3.8) is 0 Å². The van der Waals surface area contributed by atoms with E-state index in [-0.39, 0.29) is 22.9 Å². The smallest absolute Gasteiger partial charge is 0.238 e. The van der Waals surface area contributed by atoms with Crippen molar-refractivity contribution in [2.45, 2.75) is 93.7 Å². The predicted molar refractivity (Wildman–Crippen MR) is 148 cm³/mol. The van der Waals surface area contributed by atoms with Gasteiger partial charge in [0.15, 0.2) is 0 Å². The van der Waals surface area contributed by atoms with Gasteiger partial charge in [-0.3, -0.25) is 14.9 Å². The first kappa shape index (κ1) is 26.1. The molecule has 0 unspecified atom stereocenters. The molecule has 38 heavy (non-hydrogen) atoms. The van der Waals surface area contributed by atoms with Crippen LogP contribution in [0.3, 0.4) is 0 Å². The number of carbonyl (C=O) groups excluding carboxylic acids is 2. The molecule has 2 heterocycles. The number of rotatable bonds is 3. The molecule has 0 radical (unpaired) electrons. The number of hydrogen-bond acceptors (Lipinski definition) is 3. The Labute approximate surface area is 233 Å². The fourth-order valence-corrected chi connectivity index (χ4v) is 8.27. The highest BCUT2D eigenvalue weighted by molar-refractivity contribution is 6.31. The molecule has 3 atom stereocenters. The van der Waals surface area contributed by atoms with E-state index in [0.29, 0.717) is 35.0 Å². The maximum atomic E-state index is 15.9. The van der Waals surface area contributed by atoms with Gasteiger partial charge in [-0.1, -0.05) is 67.6 Å². The topological polar surface area (TPSA) is 70.2 Å². The summed E-state index contributed by atoms with van der Waals surface area (Å²) in [5.41, 5.74) is -0.210. The molecule has 4 aliphatic rings. The van der Waals surface area contributed by atoms with Crippen LogP contribution < -0.4 is 16.0 Å². The molecule has 5 nitrogen and oxygen atoms in total. The summed E-state index contributed by atoms with van der Waals surface area (Å²) in [7, 11) is 0. The Morgan fingerprint density at radius 3 is 2.53 bits per heavy atom. The average molecular weight is 559 g/mol. The lowest BCUT2D eigenvalue weighted by Crippen LogP contribution is -2.60. The third-order valence-corrected chi connectivity index (χ3v) is 10.2. The zero-order valence-corrected chi connectivity index (χ0v) is 23.1. The maximum Gasteiger partial charge on any atom is 0.238 e. The molecule has 2 amide bonds. The second-order valence-electron chi connectivity index (χ2n) is 11.8. The van der Waals surface area contributed by atoms with Crippen LogP contribution in [0.1, 0.15) is 81.8 Å². The van der Waals surface area contributed by atoms with Crippen LogP contribution in [0.2, 0.25) is 10.0 Å². The van der Waals surface area contributed by atoms with E-state index in [1.807, 2.05) is 6.07 Å². The monoisotopic (exact) mass is 557 g/mol. The van der Waals surface area contributed by atoms with Gasteiger partial charge in [0.2, 0.25) is 11.8 Å². The van der Waals surface area contributed by atoms with E-state index in [0.717, 1.165) is 50.5 Å². The predicted octanol–water partition coefficient (Wildman–Crippen LogP) is 6.48. The number of nitrogens with one attached hydrogen (secondary N) is 3. The summed E-state index contributed by atoms with van der Waals surface area (Å²) in [5, 5.41) is 10.6. The number of amides is 2. The Balaban J connectivity index is 1.53. The van der Waals surface area contributed by atoms with Gasteiger partial charge < -0.3 is 10.6 Å². The molecule has 0 aromatic heterocycles. The molecule has 3 fully saturated rings. The van der Waals surface area contributed by atoms with Crippen molar-refractivity contribution >= 4 is 40.7 Å². The normalized spacial score (nSPS) is 31.8. The molecule has 6 rings (SSSR count). The summed E-state index contributed by atoms with van der Waals surface area (Å²) < 4.78 is 15.9. The van der Waals surface area contributed by atoms with Gasteiger partial charge in [0.25, 0.3) is 0 Å². The van der Waals surface area contributed by atoms with Gasteiger partial charge in [0.1, 0.15) is 11.2 Å². The maximum absolute atomic E-state index is 15.9. The minimum Gasteiger partial charge on any atom is -0.352 e. The van der Waals surface area contributed by atoms with Crippen molar-refractivity contribution in [3.8, 4) is 0 Å². The molecular formula is C30H34Cl2FN3O2. The van der Waals surface area contributed by atoms with Crippen LogP contribution in [-0.2, 0) is 15.0 Å². The van der Waals surface area contributed by atoms with E-state index in [9.17, 15) is 9.59 Å². The highest BCUT2D eigenvalue weighted by Gasteiger charge is 2.72. The van der Waals surface area contributed by atoms with Gasteiger partial charge in [0, 0.05) is 28.2 Å². The molecule has 2 aliphatic heterocycles. The minimum absolute atomic E-state index is 0.0163. The van der Waals surface area contributed by atoms with Gasteiger partial charge in [-0.15, -0.1) is 0 Å². The first-order chi connectivity index (χ1) is 18.3. The molecule has 2 saturated carbocycles. The lowest BCUT2D eigenvalue weighted by atomic mass is 9.55. The third-order valence-electron chi connectivity index (χ3n) is 9.67. The van der Waals surface area contributed by atoms with E-state index in [1.165, 1.54) is 6.07 Å². The molecule has 2 aliphatic carbocycles. The Kier molecular flexibility index (Phi) is 6.73. The van der Waals surface area contributed by atoms with Crippen molar-refractivity contribution in [2.24, 2.45) is 5.92 Å². The van der Waals surface area contributed by atoms with Crippen LogP contribution >= 0.6 is 23.2 Å². The Morgan fingerprint density at radius 2 is 1.79 bits per heavy atom. The Bertz CT molecular complexity index is 1270. The summed E-state index contributed by atoms with van der Waals surface area (Å²) in [4.78, 5) is 28.5. The van der Waals surface area contributed by atoms with Crippen molar-refractivity contribution in [3.05, 3.63) is 63.4 Å². The molecule has 202 valence electrons. The van der Waals surface area contributed by atoms with Crippen molar-refractivity contribution < 1.29 is 14.0 Å². The van der Waals surface area contributed by atoms with E-state index < -0.39 is 28.7 Å². The number of benzene rings is 2. The SMILES string of the molecule is CC1CCC(NC(=O)[C@@H]2NC3(CCCCC3)[C@@]3(C(=O)Nc4cc(Cl)ccc43)[C@H]2c2cccc(Cl)c2F)CC1. The van der Waals surface area contributed by atoms with Gasteiger partial charge in [-0.05, 0) is 73.8 Å². The fourth-order valence-electron chi connectivity index (χ4n) is 7.91. The van der Waals surface area contributed by atoms with E-state index >= 15 is 4.39 Å². The molecule has 2 spiro atoms. The van der Waals surface area contributed by atoms with Crippen molar-refractivity contribution in [1.82, 2.24) is 10.6 Å². The van der Waals surface area contributed by atoms with Crippen LogP contribution in [-0.4, -0.2) is 29.4 Å². The van der Waals surface area contributed by atoms with Crippen LogP contribution in [0.15, 0.2) is 36.4 Å². The molecule has 2 aromatic carbocycles. The van der Waals surface area contributed by atoms with E-state index in [4.69, 9.17) is 23.2 Å². The molecule has 8 heteroatoms. The van der Waals surface area contributed by atoms with Crippen molar-refractivity contribution in [2.75, 3.05) is 5.32 Å². The summed E-state index contributed by atoms with van der Waals surface area (Å²) in [5.74, 6) is -1.10. The van der Waals surface area contributed by atoms with Crippen molar-refractivity contribution in [1.29, 1.82) is 0 Å². The van der Waals surface area contributed by atoms with E-state index in [2.05, 4.69) is 22.9 Å². The number of halogens is 3. The number of carbonyl (C=O) groups is 2. The van der Waals surface area contributed by atoms with Crippen LogP contribution in [0.5, 0.6) is 0 Å². The second kappa shape index (κ2) is 9.79. The first-order valence-electron chi connectivity index (χ1n) is 13.9. The Hall–Kier alpha value is -2.15. The van der Waals surface area contributed by atoms with Gasteiger partial charge in [-0.2, -0.15) is 0 Å². The number of hydrogen-bond donors (Lipinski definition) is 3. The lowest BCUT2D eigenvalue weighted by molar-refractivity contribution is -0.124. The van der Waals surface area contributed by atoms with Gasteiger partial charge in [-0.25, -0.2) is 4.39 Å². The molecule has 0 bridgehead atoms. The van der Waals surface area contributed by atoms with E-state index in [1.54, 1.807) is 24.3 Å². The first-order valence-corrected chi connectivity index (χ1v) is 14.7. The molecule has 1 saturated heterocycles. The summed E-state index contributed by atoms with van der Waals surface area (Å²) in [6.07, 6.45) is 8.32. The fraction of sp³-hybridized carbons (Fsp3) is 0.533. The van der Waals surface area contributed by atoms with Gasteiger partial charge >= 0.3 is 0 Å². The average Bonchev–Trinajstić information content (AvgIpc) is 3.35. The zero-order chi connectivity index (χ0) is 26.7. The number of anilines is 1. The third kappa shape index (κ3) is 3.89. The van der Waals surface area contributed by atoms with Gasteiger partial charge in [0.05, 0.1) is 11.1 Å². The zero-order valence-electron chi connectivity index (χ0n) is 21.6. The summed E-state index contributed by atoms with van der Waals surface area (Å²) in [6, 6.07) is 9.58. The minimum atomic E-state index is -1.19. The second-order valence-corrected chi connectivity index (χ2v) is 12.6. The standard InChI is InChI=1S/C30H34Cl2FN3O2/c1-17-8-11-19(12-9-17)34-27(37)26-24(20-6-5-7-22(32)25(20)33)30(29(36-26)14-3-2-4-15-29)21-13-10-18(31)16-23(21)35-28(30)38/h5-7,10,13,16-17,19,24,26,36H,2-4,8-9,11-12,14-15H2,1H3,(H,34,37)(H,35,38)/t17?,19?,24-,26+,30+/m0/s1. The van der Waals surface area contributed by atoms with Crippen LogP contribution in [0, 0.1) is 11.7 Å². The molecule has 2 aromatic rings. The largest absolute Gasteiger partial charge is 0.352 e.